The van der Waals surface area contributed by atoms with E-state index in [0.717, 1.165) is 12.2 Å². The zero-order chi connectivity index (χ0) is 12.3. The SMILES string of the molecule is CC(CNc1c(N)cccc1Cl)C(C)(C)C. The lowest BCUT2D eigenvalue weighted by molar-refractivity contribution is 0.274. The number of hydrogen-bond acceptors (Lipinski definition) is 2. The lowest BCUT2D eigenvalue weighted by Gasteiger charge is -2.28. The second kappa shape index (κ2) is 4.96. The van der Waals surface area contributed by atoms with Gasteiger partial charge in [-0.15, -0.1) is 0 Å². The largest absolute Gasteiger partial charge is 0.397 e. The summed E-state index contributed by atoms with van der Waals surface area (Å²) in [5.41, 5.74) is 7.70. The van der Waals surface area contributed by atoms with Crippen molar-refractivity contribution >= 4 is 23.0 Å². The van der Waals surface area contributed by atoms with Crippen LogP contribution in [0.1, 0.15) is 27.7 Å². The molecule has 0 bridgehead atoms. The fourth-order valence-corrected chi connectivity index (χ4v) is 1.54. The number of anilines is 2. The van der Waals surface area contributed by atoms with Crippen molar-refractivity contribution in [1.29, 1.82) is 0 Å². The van der Waals surface area contributed by atoms with E-state index < -0.39 is 0 Å². The fourth-order valence-electron chi connectivity index (χ4n) is 1.29. The molecule has 2 nitrogen and oxygen atoms in total. The number of rotatable bonds is 3. The Kier molecular flexibility index (Phi) is 4.09. The molecule has 0 radical (unpaired) electrons. The van der Waals surface area contributed by atoms with E-state index in [1.165, 1.54) is 0 Å². The molecule has 1 aromatic rings. The van der Waals surface area contributed by atoms with Gasteiger partial charge in [-0.05, 0) is 23.5 Å². The van der Waals surface area contributed by atoms with Gasteiger partial charge in [-0.25, -0.2) is 0 Å². The summed E-state index contributed by atoms with van der Waals surface area (Å²) >= 11 is 6.08. The summed E-state index contributed by atoms with van der Waals surface area (Å²) < 4.78 is 0. The summed E-state index contributed by atoms with van der Waals surface area (Å²) in [5, 5.41) is 4.01. The first-order valence-electron chi connectivity index (χ1n) is 5.60. The summed E-state index contributed by atoms with van der Waals surface area (Å²) in [5.74, 6) is 0.545. The molecule has 0 aliphatic rings. The lowest BCUT2D eigenvalue weighted by atomic mass is 9.82. The van der Waals surface area contributed by atoms with E-state index in [1.807, 2.05) is 18.2 Å². The van der Waals surface area contributed by atoms with Gasteiger partial charge >= 0.3 is 0 Å². The average molecular weight is 241 g/mol. The van der Waals surface area contributed by atoms with E-state index >= 15 is 0 Å². The van der Waals surface area contributed by atoms with Crippen LogP contribution in [-0.2, 0) is 0 Å². The molecule has 3 heteroatoms. The number of nitrogen functional groups attached to an aromatic ring is 1. The van der Waals surface area contributed by atoms with Gasteiger partial charge in [0.1, 0.15) is 0 Å². The monoisotopic (exact) mass is 240 g/mol. The van der Waals surface area contributed by atoms with Crippen LogP contribution in [0.15, 0.2) is 18.2 Å². The Morgan fingerprint density at radius 1 is 1.38 bits per heavy atom. The highest BCUT2D eigenvalue weighted by Gasteiger charge is 2.20. The third kappa shape index (κ3) is 3.31. The van der Waals surface area contributed by atoms with E-state index in [2.05, 4.69) is 33.0 Å². The standard InChI is InChI=1S/C13H21ClN2/c1-9(13(2,3)4)8-16-12-10(14)6-5-7-11(12)15/h5-7,9,16H,8,15H2,1-4H3. The van der Waals surface area contributed by atoms with Gasteiger partial charge in [-0.3, -0.25) is 0 Å². The molecule has 0 aliphatic heterocycles. The van der Waals surface area contributed by atoms with Crippen molar-refractivity contribution in [3.63, 3.8) is 0 Å². The highest BCUT2D eigenvalue weighted by atomic mass is 35.5. The molecule has 16 heavy (non-hydrogen) atoms. The molecule has 3 N–H and O–H groups in total. The van der Waals surface area contributed by atoms with Gasteiger partial charge < -0.3 is 11.1 Å². The van der Waals surface area contributed by atoms with Crippen LogP contribution in [0.4, 0.5) is 11.4 Å². The van der Waals surface area contributed by atoms with Crippen LogP contribution in [0.2, 0.25) is 5.02 Å². The molecule has 0 amide bonds. The summed E-state index contributed by atoms with van der Waals surface area (Å²) in [6, 6.07) is 5.56. The molecule has 0 saturated heterocycles. The van der Waals surface area contributed by atoms with Crippen LogP contribution < -0.4 is 11.1 Å². The summed E-state index contributed by atoms with van der Waals surface area (Å²) in [7, 11) is 0. The fraction of sp³-hybridized carbons (Fsp3) is 0.538. The molecular formula is C13H21ClN2. The third-order valence-electron chi connectivity index (χ3n) is 3.11. The van der Waals surface area contributed by atoms with E-state index in [-0.39, 0.29) is 5.41 Å². The minimum Gasteiger partial charge on any atom is -0.397 e. The minimum atomic E-state index is 0.281. The molecule has 0 spiro atoms. The molecule has 1 rings (SSSR count). The van der Waals surface area contributed by atoms with Gasteiger partial charge in [0.05, 0.1) is 16.4 Å². The molecular weight excluding hydrogens is 220 g/mol. The maximum absolute atomic E-state index is 6.08. The average Bonchev–Trinajstić information content (AvgIpc) is 2.15. The Labute approximate surface area is 103 Å². The molecule has 90 valence electrons. The van der Waals surface area contributed by atoms with Crippen molar-refractivity contribution in [2.45, 2.75) is 27.7 Å². The predicted molar refractivity (Wildman–Crippen MR) is 73.0 cm³/mol. The Hall–Kier alpha value is -0.890. The topological polar surface area (TPSA) is 38.0 Å². The normalized spacial score (nSPS) is 13.6. The quantitative estimate of drug-likeness (QED) is 0.784. The van der Waals surface area contributed by atoms with Crippen molar-refractivity contribution in [2.24, 2.45) is 11.3 Å². The van der Waals surface area contributed by atoms with Crippen molar-refractivity contribution in [2.75, 3.05) is 17.6 Å². The van der Waals surface area contributed by atoms with Crippen molar-refractivity contribution < 1.29 is 0 Å². The van der Waals surface area contributed by atoms with Crippen molar-refractivity contribution in [3.05, 3.63) is 23.2 Å². The first kappa shape index (κ1) is 13.2. The lowest BCUT2D eigenvalue weighted by Crippen LogP contribution is -2.25. The maximum Gasteiger partial charge on any atom is 0.0763 e. The summed E-state index contributed by atoms with van der Waals surface area (Å²) in [6.07, 6.45) is 0. The summed E-state index contributed by atoms with van der Waals surface area (Å²) in [4.78, 5) is 0. The Balaban J connectivity index is 2.69. The number of nitrogens with one attached hydrogen (secondary N) is 1. The van der Waals surface area contributed by atoms with Gasteiger partial charge in [0.25, 0.3) is 0 Å². The van der Waals surface area contributed by atoms with Crippen molar-refractivity contribution in [3.8, 4) is 0 Å². The highest BCUT2D eigenvalue weighted by molar-refractivity contribution is 6.33. The zero-order valence-electron chi connectivity index (χ0n) is 10.5. The van der Waals surface area contributed by atoms with Gasteiger partial charge in [0.15, 0.2) is 0 Å². The van der Waals surface area contributed by atoms with Gasteiger partial charge in [0, 0.05) is 6.54 Å². The number of halogens is 1. The molecule has 1 unspecified atom stereocenters. The van der Waals surface area contributed by atoms with Crippen LogP contribution in [0.3, 0.4) is 0 Å². The van der Waals surface area contributed by atoms with E-state index in [4.69, 9.17) is 17.3 Å². The molecule has 0 heterocycles. The summed E-state index contributed by atoms with van der Waals surface area (Å²) in [6.45, 7) is 9.79. The molecule has 0 fully saturated rings. The maximum atomic E-state index is 6.08. The van der Waals surface area contributed by atoms with Crippen LogP contribution in [0, 0.1) is 11.3 Å². The number of hydrogen-bond donors (Lipinski definition) is 2. The zero-order valence-corrected chi connectivity index (χ0v) is 11.2. The minimum absolute atomic E-state index is 0.281. The molecule has 0 saturated carbocycles. The van der Waals surface area contributed by atoms with E-state index in [9.17, 15) is 0 Å². The number of nitrogens with two attached hydrogens (primary N) is 1. The second-order valence-corrected chi connectivity index (χ2v) is 5.76. The molecule has 1 atom stereocenters. The smallest absolute Gasteiger partial charge is 0.0763 e. The Morgan fingerprint density at radius 3 is 2.50 bits per heavy atom. The molecule has 0 aliphatic carbocycles. The Bertz CT molecular complexity index is 335. The second-order valence-electron chi connectivity index (χ2n) is 5.35. The van der Waals surface area contributed by atoms with Gasteiger partial charge in [0.2, 0.25) is 0 Å². The number of para-hydroxylation sites is 1. The van der Waals surface area contributed by atoms with Gasteiger partial charge in [-0.1, -0.05) is 45.4 Å². The van der Waals surface area contributed by atoms with Crippen LogP contribution in [0.25, 0.3) is 0 Å². The highest BCUT2D eigenvalue weighted by Crippen LogP contribution is 2.30. The molecule has 1 aromatic carbocycles. The number of benzene rings is 1. The first-order chi connectivity index (χ1) is 7.32. The van der Waals surface area contributed by atoms with Gasteiger partial charge in [-0.2, -0.15) is 0 Å². The van der Waals surface area contributed by atoms with Crippen LogP contribution in [0.5, 0.6) is 0 Å². The van der Waals surface area contributed by atoms with E-state index in [1.54, 1.807) is 0 Å². The van der Waals surface area contributed by atoms with Crippen LogP contribution >= 0.6 is 11.6 Å². The molecule has 0 aromatic heterocycles. The predicted octanol–water partition coefficient (Wildman–Crippen LogP) is 4.02. The Morgan fingerprint density at radius 2 is 2.00 bits per heavy atom. The first-order valence-corrected chi connectivity index (χ1v) is 5.98. The third-order valence-corrected chi connectivity index (χ3v) is 3.42. The van der Waals surface area contributed by atoms with Crippen LogP contribution in [-0.4, -0.2) is 6.54 Å². The van der Waals surface area contributed by atoms with Crippen molar-refractivity contribution in [1.82, 2.24) is 0 Å². The van der Waals surface area contributed by atoms with E-state index in [0.29, 0.717) is 16.6 Å².